The van der Waals surface area contributed by atoms with E-state index in [2.05, 4.69) is 24.8 Å². The highest BCUT2D eigenvalue weighted by Gasteiger charge is 2.32. The van der Waals surface area contributed by atoms with E-state index in [1.165, 1.54) is 0 Å². The number of hydrogen-bond acceptors (Lipinski definition) is 3. The number of aliphatic carboxylic acids is 1. The normalized spacial score (nSPS) is 24.2. The molecule has 4 heteroatoms. The van der Waals surface area contributed by atoms with Gasteiger partial charge in [0.25, 0.3) is 0 Å². The molecule has 4 atom stereocenters. The van der Waals surface area contributed by atoms with Gasteiger partial charge in [0.15, 0.2) is 0 Å². The lowest BCUT2D eigenvalue weighted by Crippen LogP contribution is -2.17. The first-order valence-corrected chi connectivity index (χ1v) is 9.76. The third kappa shape index (κ3) is 9.67. The molecule has 0 aromatic carbocycles. The fraction of sp³-hybridized carbons (Fsp3) is 0.762. The van der Waals surface area contributed by atoms with E-state index in [0.717, 1.165) is 44.9 Å². The van der Waals surface area contributed by atoms with Crippen molar-refractivity contribution in [3.63, 3.8) is 0 Å². The monoisotopic (exact) mass is 350 g/mol. The smallest absolute Gasteiger partial charge is 0.303 e. The predicted molar refractivity (Wildman–Crippen MR) is 100 cm³/mol. The number of hydrogen-bond donors (Lipinski definition) is 3. The van der Waals surface area contributed by atoms with Gasteiger partial charge in [0, 0.05) is 25.2 Å². The lowest BCUT2D eigenvalue weighted by molar-refractivity contribution is -0.137. The van der Waals surface area contributed by atoms with Crippen molar-refractivity contribution in [1.82, 2.24) is 0 Å². The van der Waals surface area contributed by atoms with Crippen molar-refractivity contribution in [2.75, 3.05) is 0 Å². The number of carboxylic acid groups (broad SMARTS) is 1. The van der Waals surface area contributed by atoms with Crippen LogP contribution in [0.3, 0.4) is 0 Å². The van der Waals surface area contributed by atoms with Crippen molar-refractivity contribution >= 4 is 5.97 Å². The molecule has 0 aromatic rings. The number of carbonyl (C=O) groups is 1. The molecule has 0 amide bonds. The predicted octanol–water partition coefficient (Wildman–Crippen LogP) is 3.91. The van der Waals surface area contributed by atoms with E-state index in [-0.39, 0.29) is 30.5 Å². The second-order valence-electron chi connectivity index (χ2n) is 7.08. The molecule has 4 nitrogen and oxygen atoms in total. The topological polar surface area (TPSA) is 77.8 Å². The molecule has 3 N–H and O–H groups in total. The summed E-state index contributed by atoms with van der Waals surface area (Å²) in [5, 5.41) is 28.8. The largest absolute Gasteiger partial charge is 0.481 e. The molecule has 1 aliphatic carbocycles. The van der Waals surface area contributed by atoms with Gasteiger partial charge in [-0.2, -0.15) is 0 Å². The van der Waals surface area contributed by atoms with Gasteiger partial charge in [0.2, 0.25) is 0 Å². The molecule has 0 radical (unpaired) electrons. The zero-order valence-corrected chi connectivity index (χ0v) is 15.5. The maximum absolute atomic E-state index is 10.4. The molecule has 0 aliphatic heterocycles. The summed E-state index contributed by atoms with van der Waals surface area (Å²) >= 11 is 0. The van der Waals surface area contributed by atoms with E-state index < -0.39 is 5.97 Å². The molecule has 4 unspecified atom stereocenters. The van der Waals surface area contributed by atoms with Crippen LogP contribution >= 0.6 is 0 Å². The molecular formula is C21H34O4. The van der Waals surface area contributed by atoms with Crippen LogP contribution in [0, 0.1) is 23.7 Å². The van der Waals surface area contributed by atoms with Crippen molar-refractivity contribution < 1.29 is 20.1 Å². The molecule has 25 heavy (non-hydrogen) atoms. The van der Waals surface area contributed by atoms with Crippen molar-refractivity contribution in [1.29, 1.82) is 0 Å². The number of aliphatic hydroxyl groups is 2. The van der Waals surface area contributed by atoms with E-state index in [0.29, 0.717) is 19.3 Å². The van der Waals surface area contributed by atoms with Crippen LogP contribution in [0.15, 0.2) is 12.2 Å². The minimum atomic E-state index is -0.756. The first-order chi connectivity index (χ1) is 12.0. The minimum absolute atomic E-state index is 0.144. The van der Waals surface area contributed by atoms with Crippen LogP contribution in [0.5, 0.6) is 0 Å². The van der Waals surface area contributed by atoms with Crippen LogP contribution in [0.4, 0.5) is 0 Å². The van der Waals surface area contributed by atoms with E-state index in [1.54, 1.807) is 0 Å². The van der Waals surface area contributed by atoms with Gasteiger partial charge in [-0.15, -0.1) is 11.8 Å². The maximum Gasteiger partial charge on any atom is 0.303 e. The van der Waals surface area contributed by atoms with Crippen LogP contribution in [0.25, 0.3) is 0 Å². The fourth-order valence-electron chi connectivity index (χ4n) is 3.34. The van der Waals surface area contributed by atoms with Crippen molar-refractivity contribution in [2.24, 2.45) is 11.8 Å². The Balaban J connectivity index is 2.34. The molecule has 0 aromatic heterocycles. The second kappa shape index (κ2) is 13.0. The van der Waals surface area contributed by atoms with Crippen LogP contribution in [0.2, 0.25) is 0 Å². The number of aliphatic hydroxyl groups excluding tert-OH is 2. The molecule has 0 saturated heterocycles. The van der Waals surface area contributed by atoms with E-state index in [1.807, 2.05) is 6.08 Å². The molecule has 1 fully saturated rings. The van der Waals surface area contributed by atoms with Gasteiger partial charge in [0.05, 0.1) is 12.2 Å². The highest BCUT2D eigenvalue weighted by Crippen LogP contribution is 2.35. The lowest BCUT2D eigenvalue weighted by atomic mass is 9.91. The summed E-state index contributed by atoms with van der Waals surface area (Å²) in [5.74, 6) is 5.93. The average Bonchev–Trinajstić information content (AvgIpc) is 2.92. The standard InChI is InChI=1S/C21H34O4/c1-2-3-7-10-18(22)15-13-17-14-16-20(23)19(17)11-8-5-4-6-9-12-21(24)25/h13,15,17-20,22-23H,2-4,6-7,9-12,14,16H2,1H3,(H,24,25). The maximum atomic E-state index is 10.4. The quantitative estimate of drug-likeness (QED) is 0.300. The van der Waals surface area contributed by atoms with Gasteiger partial charge in [-0.1, -0.05) is 38.3 Å². The van der Waals surface area contributed by atoms with Crippen molar-refractivity contribution in [2.45, 2.75) is 89.8 Å². The first-order valence-electron chi connectivity index (χ1n) is 9.76. The summed E-state index contributed by atoms with van der Waals surface area (Å²) in [6, 6.07) is 0. The van der Waals surface area contributed by atoms with Gasteiger partial charge in [-0.25, -0.2) is 0 Å². The van der Waals surface area contributed by atoms with E-state index >= 15 is 0 Å². The zero-order chi connectivity index (χ0) is 18.5. The second-order valence-corrected chi connectivity index (χ2v) is 7.08. The van der Waals surface area contributed by atoms with Gasteiger partial charge in [-0.05, 0) is 38.0 Å². The summed E-state index contributed by atoms with van der Waals surface area (Å²) in [4.78, 5) is 10.4. The Kier molecular flexibility index (Phi) is 11.3. The first kappa shape index (κ1) is 21.7. The molecule has 0 spiro atoms. The summed E-state index contributed by atoms with van der Waals surface area (Å²) in [7, 11) is 0. The Bertz CT molecular complexity index is 460. The van der Waals surface area contributed by atoms with Crippen LogP contribution in [-0.4, -0.2) is 33.5 Å². The molecular weight excluding hydrogens is 316 g/mol. The zero-order valence-electron chi connectivity index (χ0n) is 15.5. The number of unbranched alkanes of at least 4 members (excludes halogenated alkanes) is 4. The van der Waals surface area contributed by atoms with Gasteiger partial charge >= 0.3 is 5.97 Å². The number of rotatable bonds is 11. The summed E-state index contributed by atoms with van der Waals surface area (Å²) in [5.41, 5.74) is 0. The van der Waals surface area contributed by atoms with E-state index in [4.69, 9.17) is 5.11 Å². The van der Waals surface area contributed by atoms with Crippen LogP contribution < -0.4 is 0 Å². The Morgan fingerprint density at radius 1 is 1.20 bits per heavy atom. The summed E-state index contributed by atoms with van der Waals surface area (Å²) < 4.78 is 0. The van der Waals surface area contributed by atoms with Gasteiger partial charge in [0.1, 0.15) is 0 Å². The highest BCUT2D eigenvalue weighted by molar-refractivity contribution is 5.66. The summed E-state index contributed by atoms with van der Waals surface area (Å²) in [6.45, 7) is 2.15. The number of carboxylic acids is 1. The van der Waals surface area contributed by atoms with Gasteiger partial charge < -0.3 is 15.3 Å². The average molecular weight is 350 g/mol. The Morgan fingerprint density at radius 2 is 2.00 bits per heavy atom. The van der Waals surface area contributed by atoms with Crippen LogP contribution in [-0.2, 0) is 4.79 Å². The Morgan fingerprint density at radius 3 is 2.72 bits per heavy atom. The molecule has 1 aliphatic rings. The van der Waals surface area contributed by atoms with Gasteiger partial charge in [-0.3, -0.25) is 4.79 Å². The Hall–Kier alpha value is -1.31. The molecule has 1 saturated carbocycles. The van der Waals surface area contributed by atoms with Crippen molar-refractivity contribution in [3.8, 4) is 11.8 Å². The minimum Gasteiger partial charge on any atom is -0.481 e. The molecule has 1 rings (SSSR count). The third-order valence-electron chi connectivity index (χ3n) is 4.93. The molecule has 142 valence electrons. The SMILES string of the molecule is CCCCCC(O)C=CC1CCC(O)C1CC#CCCCCC(=O)O. The third-order valence-corrected chi connectivity index (χ3v) is 4.93. The molecule has 0 bridgehead atoms. The molecule has 0 heterocycles. The highest BCUT2D eigenvalue weighted by atomic mass is 16.4. The van der Waals surface area contributed by atoms with E-state index in [9.17, 15) is 15.0 Å². The van der Waals surface area contributed by atoms with Crippen molar-refractivity contribution in [3.05, 3.63) is 12.2 Å². The number of allylic oxidation sites excluding steroid dienone is 1. The lowest BCUT2D eigenvalue weighted by Gasteiger charge is -2.17. The van der Waals surface area contributed by atoms with Crippen LogP contribution in [0.1, 0.15) is 77.6 Å². The Labute approximate surface area is 152 Å². The fourth-order valence-corrected chi connectivity index (χ4v) is 3.34. The summed E-state index contributed by atoms with van der Waals surface area (Å²) in [6.07, 6.45) is 12.2.